The molecule has 1 heterocycles. The summed E-state index contributed by atoms with van der Waals surface area (Å²) >= 11 is 5.87. The molecule has 1 aromatic carbocycles. The predicted molar refractivity (Wildman–Crippen MR) is 77.3 cm³/mol. The summed E-state index contributed by atoms with van der Waals surface area (Å²) in [4.78, 5) is 3.95. The van der Waals surface area contributed by atoms with Gasteiger partial charge in [0, 0.05) is 23.9 Å². The van der Waals surface area contributed by atoms with Crippen LogP contribution in [0.4, 0.5) is 4.39 Å². The first-order valence-corrected chi connectivity index (χ1v) is 6.76. The summed E-state index contributed by atoms with van der Waals surface area (Å²) in [5.41, 5.74) is 6.49. The van der Waals surface area contributed by atoms with E-state index in [1.54, 1.807) is 24.3 Å². The number of hydrogen-bond acceptors (Lipinski definition) is 3. The minimum atomic E-state index is -0.582. The Kier molecular flexibility index (Phi) is 4.93. The van der Waals surface area contributed by atoms with Crippen LogP contribution in [0.5, 0.6) is 5.75 Å². The molecule has 20 heavy (non-hydrogen) atoms. The molecule has 0 bridgehead atoms. The third-order valence-corrected chi connectivity index (χ3v) is 3.22. The molecule has 0 saturated carbocycles. The molecule has 2 rings (SSSR count). The van der Waals surface area contributed by atoms with E-state index in [1.165, 1.54) is 18.5 Å². The van der Waals surface area contributed by atoms with Gasteiger partial charge in [-0.3, -0.25) is 4.98 Å². The molecule has 0 spiro atoms. The maximum atomic E-state index is 13.9. The fourth-order valence-electron chi connectivity index (χ4n) is 1.90. The van der Waals surface area contributed by atoms with Crippen molar-refractivity contribution in [3.8, 4) is 5.75 Å². The van der Waals surface area contributed by atoms with E-state index in [0.29, 0.717) is 22.8 Å². The van der Waals surface area contributed by atoms with E-state index in [2.05, 4.69) is 4.98 Å². The SMILES string of the molecule is CCC(N)C(Oc1cncc(Cl)c1)c1ccccc1F. The van der Waals surface area contributed by atoms with Crippen molar-refractivity contribution in [1.29, 1.82) is 0 Å². The van der Waals surface area contributed by atoms with Gasteiger partial charge in [-0.2, -0.15) is 0 Å². The zero-order valence-corrected chi connectivity index (χ0v) is 11.8. The van der Waals surface area contributed by atoms with Gasteiger partial charge in [-0.1, -0.05) is 36.7 Å². The first kappa shape index (κ1) is 14.8. The summed E-state index contributed by atoms with van der Waals surface area (Å²) < 4.78 is 19.7. The van der Waals surface area contributed by atoms with Gasteiger partial charge in [0.05, 0.1) is 11.2 Å². The standard InChI is InChI=1S/C15H16ClFN2O/c1-2-14(18)15(12-5-3-4-6-13(12)17)20-11-7-10(16)8-19-9-11/h3-9,14-15H,2,18H2,1H3. The third-order valence-electron chi connectivity index (χ3n) is 3.01. The lowest BCUT2D eigenvalue weighted by Gasteiger charge is -2.25. The smallest absolute Gasteiger partial charge is 0.142 e. The van der Waals surface area contributed by atoms with E-state index in [1.807, 2.05) is 6.92 Å². The zero-order chi connectivity index (χ0) is 14.5. The van der Waals surface area contributed by atoms with Crippen LogP contribution in [0.1, 0.15) is 25.0 Å². The van der Waals surface area contributed by atoms with Crippen LogP contribution in [-0.4, -0.2) is 11.0 Å². The second-order valence-corrected chi connectivity index (χ2v) is 4.91. The number of aromatic nitrogens is 1. The molecule has 2 unspecified atom stereocenters. The zero-order valence-electron chi connectivity index (χ0n) is 11.1. The van der Waals surface area contributed by atoms with Crippen LogP contribution in [-0.2, 0) is 0 Å². The van der Waals surface area contributed by atoms with Crippen molar-refractivity contribution in [1.82, 2.24) is 4.98 Å². The second kappa shape index (κ2) is 6.68. The van der Waals surface area contributed by atoms with E-state index >= 15 is 0 Å². The lowest BCUT2D eigenvalue weighted by atomic mass is 10.0. The average molecular weight is 295 g/mol. The topological polar surface area (TPSA) is 48.1 Å². The lowest BCUT2D eigenvalue weighted by molar-refractivity contribution is 0.166. The van der Waals surface area contributed by atoms with Crippen molar-refractivity contribution in [2.45, 2.75) is 25.5 Å². The highest BCUT2D eigenvalue weighted by Crippen LogP contribution is 2.28. The van der Waals surface area contributed by atoms with Crippen LogP contribution in [0.25, 0.3) is 0 Å². The van der Waals surface area contributed by atoms with Crippen molar-refractivity contribution in [2.24, 2.45) is 5.73 Å². The van der Waals surface area contributed by atoms with Gasteiger partial charge in [0.15, 0.2) is 0 Å². The number of hydrogen-bond donors (Lipinski definition) is 1. The minimum Gasteiger partial charge on any atom is -0.482 e. The number of nitrogens with zero attached hydrogens (tertiary/aromatic N) is 1. The maximum Gasteiger partial charge on any atom is 0.142 e. The van der Waals surface area contributed by atoms with Gasteiger partial charge < -0.3 is 10.5 Å². The van der Waals surface area contributed by atoms with Gasteiger partial charge in [0.25, 0.3) is 0 Å². The van der Waals surface area contributed by atoms with E-state index in [4.69, 9.17) is 22.1 Å². The third kappa shape index (κ3) is 3.46. The van der Waals surface area contributed by atoms with Crippen LogP contribution in [0.15, 0.2) is 42.7 Å². The Morgan fingerprint density at radius 1 is 1.35 bits per heavy atom. The van der Waals surface area contributed by atoms with E-state index in [0.717, 1.165) is 0 Å². The largest absolute Gasteiger partial charge is 0.482 e. The second-order valence-electron chi connectivity index (χ2n) is 4.47. The lowest BCUT2D eigenvalue weighted by Crippen LogP contribution is -2.32. The fraction of sp³-hybridized carbons (Fsp3) is 0.267. The Morgan fingerprint density at radius 2 is 2.10 bits per heavy atom. The molecule has 0 saturated heterocycles. The minimum absolute atomic E-state index is 0.328. The molecule has 0 amide bonds. The Labute approximate surface area is 122 Å². The van der Waals surface area contributed by atoms with Gasteiger partial charge in [-0.25, -0.2) is 4.39 Å². The normalized spacial score (nSPS) is 13.8. The average Bonchev–Trinajstić information content (AvgIpc) is 2.45. The summed E-state index contributed by atoms with van der Waals surface area (Å²) in [6.07, 6.45) is 3.11. The fourth-order valence-corrected chi connectivity index (χ4v) is 2.07. The molecule has 3 nitrogen and oxygen atoms in total. The molecular formula is C15H16ClFN2O. The number of rotatable bonds is 5. The molecule has 5 heteroatoms. The number of ether oxygens (including phenoxy) is 1. The highest BCUT2D eigenvalue weighted by Gasteiger charge is 2.23. The first-order valence-electron chi connectivity index (χ1n) is 6.39. The van der Waals surface area contributed by atoms with Crippen LogP contribution >= 0.6 is 11.6 Å². The van der Waals surface area contributed by atoms with Crippen molar-refractivity contribution in [2.75, 3.05) is 0 Å². The van der Waals surface area contributed by atoms with Crippen molar-refractivity contribution in [3.63, 3.8) is 0 Å². The number of nitrogens with two attached hydrogens (primary N) is 1. The molecule has 1 aromatic heterocycles. The highest BCUT2D eigenvalue weighted by atomic mass is 35.5. The number of pyridine rings is 1. The van der Waals surface area contributed by atoms with E-state index in [9.17, 15) is 4.39 Å². The van der Waals surface area contributed by atoms with Crippen LogP contribution in [0.3, 0.4) is 0 Å². The number of halogens is 2. The Hall–Kier alpha value is -1.65. The monoisotopic (exact) mass is 294 g/mol. The number of benzene rings is 1. The molecule has 106 valence electrons. The predicted octanol–water partition coefficient (Wildman–Crippen LogP) is 3.73. The molecule has 2 N–H and O–H groups in total. The Bertz CT molecular complexity index is 579. The first-order chi connectivity index (χ1) is 9.61. The Morgan fingerprint density at radius 3 is 2.75 bits per heavy atom. The Balaban J connectivity index is 2.32. The van der Waals surface area contributed by atoms with Gasteiger partial charge in [-0.15, -0.1) is 0 Å². The maximum absolute atomic E-state index is 13.9. The summed E-state index contributed by atoms with van der Waals surface area (Å²) in [5.74, 6) is 0.131. The molecule has 2 atom stereocenters. The van der Waals surface area contributed by atoms with Crippen molar-refractivity contribution >= 4 is 11.6 Å². The van der Waals surface area contributed by atoms with Gasteiger partial charge in [0.1, 0.15) is 17.7 Å². The van der Waals surface area contributed by atoms with Crippen LogP contribution in [0, 0.1) is 5.82 Å². The molecule has 0 aliphatic heterocycles. The van der Waals surface area contributed by atoms with Crippen molar-refractivity contribution in [3.05, 3.63) is 59.1 Å². The van der Waals surface area contributed by atoms with Crippen LogP contribution in [0.2, 0.25) is 5.02 Å². The molecule has 0 aliphatic carbocycles. The van der Waals surface area contributed by atoms with Gasteiger partial charge in [-0.05, 0) is 12.5 Å². The molecule has 0 aliphatic rings. The van der Waals surface area contributed by atoms with Crippen molar-refractivity contribution < 1.29 is 9.13 Å². The highest BCUT2D eigenvalue weighted by molar-refractivity contribution is 6.30. The molecule has 0 radical (unpaired) electrons. The van der Waals surface area contributed by atoms with E-state index < -0.39 is 6.10 Å². The summed E-state index contributed by atoms with van der Waals surface area (Å²) in [6, 6.07) is 7.76. The quantitative estimate of drug-likeness (QED) is 0.914. The summed E-state index contributed by atoms with van der Waals surface area (Å²) in [6.45, 7) is 1.93. The summed E-state index contributed by atoms with van der Waals surface area (Å²) in [7, 11) is 0. The van der Waals surface area contributed by atoms with Gasteiger partial charge in [0.2, 0.25) is 0 Å². The summed E-state index contributed by atoms with van der Waals surface area (Å²) in [5, 5.41) is 0.458. The van der Waals surface area contributed by atoms with Gasteiger partial charge >= 0.3 is 0 Å². The molecular weight excluding hydrogens is 279 g/mol. The van der Waals surface area contributed by atoms with E-state index in [-0.39, 0.29) is 11.9 Å². The molecule has 2 aromatic rings. The van der Waals surface area contributed by atoms with Crippen LogP contribution < -0.4 is 10.5 Å². The molecule has 0 fully saturated rings.